The van der Waals surface area contributed by atoms with Gasteiger partial charge in [0.2, 0.25) is 5.91 Å². The zero-order chi connectivity index (χ0) is 14.4. The second-order valence-electron chi connectivity index (χ2n) is 4.67. The van der Waals surface area contributed by atoms with Gasteiger partial charge < -0.3 is 5.32 Å². The number of aromatic nitrogens is 1. The molecule has 0 bridgehead atoms. The number of carbonyl (C=O) groups excluding carboxylic acids is 1. The van der Waals surface area contributed by atoms with Crippen LogP contribution in [-0.2, 0) is 11.2 Å². The number of nitrogens with one attached hydrogen (secondary N) is 1. The molecule has 1 unspecified atom stereocenters. The Morgan fingerprint density at radius 3 is 2.65 bits per heavy atom. The molecule has 0 aliphatic carbocycles. The number of aryl methyl sites for hydroxylation is 1. The van der Waals surface area contributed by atoms with Crippen LogP contribution in [0.25, 0.3) is 0 Å². The maximum Gasteiger partial charge on any atom is 0.220 e. The quantitative estimate of drug-likeness (QED) is 0.909. The maximum atomic E-state index is 12.8. The summed E-state index contributed by atoms with van der Waals surface area (Å²) in [6.45, 7) is 1.90. The molecular formula is C16H17FN2O. The van der Waals surface area contributed by atoms with E-state index in [4.69, 9.17) is 0 Å². The fourth-order valence-corrected chi connectivity index (χ4v) is 1.93. The van der Waals surface area contributed by atoms with E-state index in [0.717, 1.165) is 11.3 Å². The molecule has 0 saturated heterocycles. The van der Waals surface area contributed by atoms with Crippen molar-refractivity contribution in [1.29, 1.82) is 0 Å². The van der Waals surface area contributed by atoms with Gasteiger partial charge in [-0.1, -0.05) is 18.2 Å². The summed E-state index contributed by atoms with van der Waals surface area (Å²) in [5, 5.41) is 2.90. The van der Waals surface area contributed by atoms with E-state index in [1.165, 1.54) is 12.1 Å². The average molecular weight is 272 g/mol. The molecule has 2 aromatic rings. The van der Waals surface area contributed by atoms with Crippen molar-refractivity contribution in [2.24, 2.45) is 0 Å². The second kappa shape index (κ2) is 6.80. The predicted molar refractivity (Wildman–Crippen MR) is 75.5 cm³/mol. The summed E-state index contributed by atoms with van der Waals surface area (Å²) in [5.41, 5.74) is 1.79. The third-order valence-corrected chi connectivity index (χ3v) is 3.06. The van der Waals surface area contributed by atoms with Crippen LogP contribution in [0, 0.1) is 5.82 Å². The van der Waals surface area contributed by atoms with Gasteiger partial charge in [-0.15, -0.1) is 0 Å². The average Bonchev–Trinajstić information content (AvgIpc) is 2.47. The minimum Gasteiger partial charge on any atom is -0.348 e. The molecule has 0 spiro atoms. The van der Waals surface area contributed by atoms with Crippen molar-refractivity contribution in [3.8, 4) is 0 Å². The van der Waals surface area contributed by atoms with E-state index in [9.17, 15) is 9.18 Å². The van der Waals surface area contributed by atoms with Gasteiger partial charge >= 0.3 is 0 Å². The van der Waals surface area contributed by atoms with Crippen molar-refractivity contribution in [3.63, 3.8) is 0 Å². The van der Waals surface area contributed by atoms with E-state index in [1.807, 2.05) is 25.1 Å². The Bertz CT molecular complexity index is 554. The summed E-state index contributed by atoms with van der Waals surface area (Å²) in [7, 11) is 0. The molecule has 1 N–H and O–H groups in total. The number of hydrogen-bond acceptors (Lipinski definition) is 2. The zero-order valence-corrected chi connectivity index (χ0v) is 11.3. The smallest absolute Gasteiger partial charge is 0.220 e. The van der Waals surface area contributed by atoms with E-state index >= 15 is 0 Å². The molecule has 0 saturated carbocycles. The Balaban J connectivity index is 1.82. The lowest BCUT2D eigenvalue weighted by atomic mass is 10.1. The number of amides is 1. The van der Waals surface area contributed by atoms with Crippen LogP contribution in [0.5, 0.6) is 0 Å². The number of pyridine rings is 1. The lowest BCUT2D eigenvalue weighted by Crippen LogP contribution is -2.27. The lowest BCUT2D eigenvalue weighted by molar-refractivity contribution is -0.121. The molecule has 104 valence electrons. The Hall–Kier alpha value is -2.23. The topological polar surface area (TPSA) is 42.0 Å². The highest BCUT2D eigenvalue weighted by Crippen LogP contribution is 2.09. The zero-order valence-electron chi connectivity index (χ0n) is 11.3. The molecule has 1 heterocycles. The highest BCUT2D eigenvalue weighted by Gasteiger charge is 2.10. The first-order valence-corrected chi connectivity index (χ1v) is 6.60. The molecule has 1 aromatic heterocycles. The molecular weight excluding hydrogens is 255 g/mol. The van der Waals surface area contributed by atoms with Crippen LogP contribution in [0.4, 0.5) is 4.39 Å². The van der Waals surface area contributed by atoms with Crippen molar-refractivity contribution in [2.75, 3.05) is 0 Å². The number of benzene rings is 1. The summed E-state index contributed by atoms with van der Waals surface area (Å²) in [5.74, 6) is -0.297. The fraction of sp³-hybridized carbons (Fsp3) is 0.250. The predicted octanol–water partition coefficient (Wildman–Crippen LogP) is 3.03. The Morgan fingerprint density at radius 1 is 1.25 bits per heavy atom. The van der Waals surface area contributed by atoms with Crippen molar-refractivity contribution in [2.45, 2.75) is 25.8 Å². The van der Waals surface area contributed by atoms with Gasteiger partial charge in [0.05, 0.1) is 11.7 Å². The molecule has 1 atom stereocenters. The first-order valence-electron chi connectivity index (χ1n) is 6.60. The fourth-order valence-electron chi connectivity index (χ4n) is 1.93. The number of carbonyl (C=O) groups is 1. The van der Waals surface area contributed by atoms with Crippen LogP contribution in [-0.4, -0.2) is 10.9 Å². The van der Waals surface area contributed by atoms with E-state index < -0.39 is 0 Å². The molecule has 0 fully saturated rings. The number of rotatable bonds is 5. The summed E-state index contributed by atoms with van der Waals surface area (Å²) in [6.07, 6.45) is 2.68. The molecule has 4 heteroatoms. The third kappa shape index (κ3) is 4.16. The standard InChI is InChI=1S/C16H17FN2O/c1-12(15-4-2-3-11-18-15)19-16(20)10-7-13-5-8-14(17)9-6-13/h2-6,8-9,11-12H,7,10H2,1H3,(H,19,20). The molecule has 1 amide bonds. The highest BCUT2D eigenvalue weighted by molar-refractivity contribution is 5.76. The van der Waals surface area contributed by atoms with E-state index in [1.54, 1.807) is 18.3 Å². The summed E-state index contributed by atoms with van der Waals surface area (Å²) < 4.78 is 12.8. The Labute approximate surface area is 117 Å². The van der Waals surface area contributed by atoms with Crippen molar-refractivity contribution >= 4 is 5.91 Å². The van der Waals surface area contributed by atoms with Crippen molar-refractivity contribution < 1.29 is 9.18 Å². The van der Waals surface area contributed by atoms with E-state index in [-0.39, 0.29) is 17.8 Å². The summed E-state index contributed by atoms with van der Waals surface area (Å²) in [6, 6.07) is 11.7. The van der Waals surface area contributed by atoms with Gasteiger partial charge in [-0.05, 0) is 43.2 Å². The molecule has 20 heavy (non-hydrogen) atoms. The Kier molecular flexibility index (Phi) is 4.82. The normalized spacial score (nSPS) is 11.9. The lowest BCUT2D eigenvalue weighted by Gasteiger charge is -2.13. The molecule has 0 aliphatic rings. The van der Waals surface area contributed by atoms with Gasteiger partial charge in [0.25, 0.3) is 0 Å². The Morgan fingerprint density at radius 2 is 2.00 bits per heavy atom. The maximum absolute atomic E-state index is 12.8. The molecule has 0 aliphatic heterocycles. The molecule has 3 nitrogen and oxygen atoms in total. The van der Waals surface area contributed by atoms with Gasteiger partial charge in [0, 0.05) is 12.6 Å². The van der Waals surface area contributed by atoms with Crippen molar-refractivity contribution in [1.82, 2.24) is 10.3 Å². The van der Waals surface area contributed by atoms with Gasteiger partial charge in [-0.3, -0.25) is 9.78 Å². The first-order chi connectivity index (χ1) is 9.65. The number of hydrogen-bond donors (Lipinski definition) is 1. The van der Waals surface area contributed by atoms with Crippen LogP contribution in [0.3, 0.4) is 0 Å². The first kappa shape index (κ1) is 14.2. The SMILES string of the molecule is CC(NC(=O)CCc1ccc(F)cc1)c1ccccn1. The van der Waals surface area contributed by atoms with Gasteiger partial charge in [0.15, 0.2) is 0 Å². The van der Waals surface area contributed by atoms with Crippen LogP contribution >= 0.6 is 0 Å². The minimum atomic E-state index is -0.262. The van der Waals surface area contributed by atoms with Crippen LogP contribution in [0.2, 0.25) is 0 Å². The number of nitrogens with zero attached hydrogens (tertiary/aromatic N) is 1. The van der Waals surface area contributed by atoms with Crippen LogP contribution in [0.1, 0.15) is 30.6 Å². The molecule has 1 aromatic carbocycles. The van der Waals surface area contributed by atoms with Gasteiger partial charge in [0.1, 0.15) is 5.82 Å². The van der Waals surface area contributed by atoms with Crippen LogP contribution < -0.4 is 5.32 Å². The van der Waals surface area contributed by atoms with Crippen LogP contribution in [0.15, 0.2) is 48.7 Å². The second-order valence-corrected chi connectivity index (χ2v) is 4.67. The highest BCUT2D eigenvalue weighted by atomic mass is 19.1. The van der Waals surface area contributed by atoms with Crippen molar-refractivity contribution in [3.05, 3.63) is 65.7 Å². The monoisotopic (exact) mass is 272 g/mol. The largest absolute Gasteiger partial charge is 0.348 e. The minimum absolute atomic E-state index is 0.0347. The van der Waals surface area contributed by atoms with E-state index in [0.29, 0.717) is 12.8 Å². The third-order valence-electron chi connectivity index (χ3n) is 3.06. The summed E-state index contributed by atoms with van der Waals surface area (Å²) in [4.78, 5) is 16.1. The molecule has 2 rings (SSSR count). The van der Waals surface area contributed by atoms with Gasteiger partial charge in [-0.25, -0.2) is 4.39 Å². The number of halogens is 1. The van der Waals surface area contributed by atoms with E-state index in [2.05, 4.69) is 10.3 Å². The summed E-state index contributed by atoms with van der Waals surface area (Å²) >= 11 is 0. The van der Waals surface area contributed by atoms with Gasteiger partial charge in [-0.2, -0.15) is 0 Å². The molecule has 0 radical (unpaired) electrons.